The van der Waals surface area contributed by atoms with Crippen molar-refractivity contribution in [1.29, 1.82) is 0 Å². The highest BCUT2D eigenvalue weighted by Crippen LogP contribution is 2.25. The SMILES string of the molecule is CC(C)N1CCN(C(=O)C2CCN(c3cnc(N4CCSCC4)nc3)CC2)CC1. The predicted octanol–water partition coefficient (Wildman–Crippen LogP) is 1.80. The van der Waals surface area contributed by atoms with Gasteiger partial charge in [0.2, 0.25) is 11.9 Å². The van der Waals surface area contributed by atoms with Gasteiger partial charge in [-0.05, 0) is 26.7 Å². The van der Waals surface area contributed by atoms with Crippen LogP contribution in [0.5, 0.6) is 0 Å². The van der Waals surface area contributed by atoms with Gasteiger partial charge in [0, 0.05) is 75.8 Å². The summed E-state index contributed by atoms with van der Waals surface area (Å²) in [4.78, 5) is 31.3. The van der Waals surface area contributed by atoms with Crippen LogP contribution in [0.15, 0.2) is 12.4 Å². The van der Waals surface area contributed by atoms with Crippen LogP contribution in [0, 0.1) is 5.92 Å². The molecule has 3 aliphatic heterocycles. The number of aromatic nitrogens is 2. The lowest BCUT2D eigenvalue weighted by Crippen LogP contribution is -2.53. The summed E-state index contributed by atoms with van der Waals surface area (Å²) >= 11 is 1.99. The molecule has 1 aromatic rings. The lowest BCUT2D eigenvalue weighted by molar-refractivity contribution is -0.138. The number of anilines is 2. The topological polar surface area (TPSA) is 55.8 Å². The Morgan fingerprint density at radius 1 is 0.931 bits per heavy atom. The molecular formula is C21H34N6OS. The van der Waals surface area contributed by atoms with Crippen molar-refractivity contribution < 1.29 is 4.79 Å². The van der Waals surface area contributed by atoms with Crippen molar-refractivity contribution in [2.24, 2.45) is 5.92 Å². The second-order valence-electron chi connectivity index (χ2n) is 8.56. The molecule has 3 fully saturated rings. The van der Waals surface area contributed by atoms with Crippen molar-refractivity contribution in [2.45, 2.75) is 32.7 Å². The summed E-state index contributed by atoms with van der Waals surface area (Å²) in [5, 5.41) is 0. The minimum absolute atomic E-state index is 0.169. The first-order valence-electron chi connectivity index (χ1n) is 11.0. The van der Waals surface area contributed by atoms with Crippen LogP contribution in [0.2, 0.25) is 0 Å². The smallest absolute Gasteiger partial charge is 0.225 e. The molecule has 0 radical (unpaired) electrons. The molecule has 29 heavy (non-hydrogen) atoms. The van der Waals surface area contributed by atoms with Gasteiger partial charge in [-0.15, -0.1) is 0 Å². The predicted molar refractivity (Wildman–Crippen MR) is 120 cm³/mol. The number of piperidine rings is 1. The largest absolute Gasteiger partial charge is 0.369 e. The fourth-order valence-corrected chi connectivity index (χ4v) is 5.41. The molecule has 3 saturated heterocycles. The zero-order valence-corrected chi connectivity index (χ0v) is 18.6. The van der Waals surface area contributed by atoms with E-state index in [0.29, 0.717) is 11.9 Å². The molecule has 7 nitrogen and oxygen atoms in total. The Hall–Kier alpha value is -1.54. The first-order chi connectivity index (χ1) is 14.1. The van der Waals surface area contributed by atoms with Gasteiger partial charge in [-0.3, -0.25) is 9.69 Å². The van der Waals surface area contributed by atoms with Crippen molar-refractivity contribution in [2.75, 3.05) is 73.7 Å². The number of hydrogen-bond donors (Lipinski definition) is 0. The molecule has 0 atom stereocenters. The molecular weight excluding hydrogens is 384 g/mol. The minimum Gasteiger partial charge on any atom is -0.369 e. The quantitative estimate of drug-likeness (QED) is 0.739. The van der Waals surface area contributed by atoms with Gasteiger partial charge in [0.1, 0.15) is 0 Å². The highest BCUT2D eigenvalue weighted by Gasteiger charge is 2.31. The van der Waals surface area contributed by atoms with Crippen LogP contribution in [0.3, 0.4) is 0 Å². The van der Waals surface area contributed by atoms with Gasteiger partial charge in [0.25, 0.3) is 0 Å². The third-order valence-corrected chi connectivity index (χ3v) is 7.43. The zero-order chi connectivity index (χ0) is 20.2. The highest BCUT2D eigenvalue weighted by atomic mass is 32.2. The van der Waals surface area contributed by atoms with Crippen molar-refractivity contribution in [1.82, 2.24) is 19.8 Å². The average molecular weight is 419 g/mol. The number of amides is 1. The first-order valence-corrected chi connectivity index (χ1v) is 12.2. The third-order valence-electron chi connectivity index (χ3n) is 6.48. The number of thioether (sulfide) groups is 1. The van der Waals surface area contributed by atoms with Crippen LogP contribution >= 0.6 is 11.8 Å². The first kappa shape index (κ1) is 20.7. The van der Waals surface area contributed by atoms with Crippen LogP contribution in [0.25, 0.3) is 0 Å². The lowest BCUT2D eigenvalue weighted by atomic mass is 9.94. The molecule has 0 spiro atoms. The fraction of sp³-hybridized carbons (Fsp3) is 0.762. The van der Waals surface area contributed by atoms with Gasteiger partial charge in [-0.25, -0.2) is 9.97 Å². The highest BCUT2D eigenvalue weighted by molar-refractivity contribution is 7.99. The molecule has 8 heteroatoms. The molecule has 160 valence electrons. The number of hydrogen-bond acceptors (Lipinski definition) is 7. The average Bonchev–Trinajstić information content (AvgIpc) is 2.79. The van der Waals surface area contributed by atoms with Crippen molar-refractivity contribution in [3.63, 3.8) is 0 Å². The van der Waals surface area contributed by atoms with E-state index in [1.54, 1.807) is 0 Å². The number of carbonyl (C=O) groups is 1. The van der Waals surface area contributed by atoms with Crippen LogP contribution in [0.4, 0.5) is 11.6 Å². The Bertz CT molecular complexity index is 662. The molecule has 1 aromatic heterocycles. The summed E-state index contributed by atoms with van der Waals surface area (Å²) in [5.74, 6) is 3.68. The monoisotopic (exact) mass is 418 g/mol. The van der Waals surface area contributed by atoms with E-state index in [2.05, 4.69) is 43.4 Å². The second-order valence-corrected chi connectivity index (χ2v) is 9.78. The summed E-state index contributed by atoms with van der Waals surface area (Å²) in [7, 11) is 0. The summed E-state index contributed by atoms with van der Waals surface area (Å²) < 4.78 is 0. The Kier molecular flexibility index (Phi) is 6.80. The molecule has 1 amide bonds. The van der Waals surface area contributed by atoms with E-state index in [4.69, 9.17) is 0 Å². The molecule has 0 aromatic carbocycles. The van der Waals surface area contributed by atoms with Crippen LogP contribution < -0.4 is 9.80 Å². The Balaban J connectivity index is 1.26. The van der Waals surface area contributed by atoms with Gasteiger partial charge in [-0.2, -0.15) is 11.8 Å². The molecule has 0 aliphatic carbocycles. The Morgan fingerprint density at radius 2 is 1.55 bits per heavy atom. The Labute approximate surface area is 178 Å². The van der Waals surface area contributed by atoms with Crippen LogP contribution in [-0.2, 0) is 4.79 Å². The van der Waals surface area contributed by atoms with Crippen LogP contribution in [-0.4, -0.2) is 95.6 Å². The van der Waals surface area contributed by atoms with Gasteiger partial charge in [-0.1, -0.05) is 0 Å². The van der Waals surface area contributed by atoms with E-state index in [1.807, 2.05) is 24.2 Å². The standard InChI is InChI=1S/C21H34N6OS/c1-17(2)24-7-9-26(10-8-24)20(28)18-3-5-25(6-4-18)19-15-22-21(23-16-19)27-11-13-29-14-12-27/h15-18H,3-14H2,1-2H3. The van der Waals surface area contributed by atoms with Crippen molar-refractivity contribution in [3.8, 4) is 0 Å². The molecule has 0 bridgehead atoms. The minimum atomic E-state index is 0.169. The van der Waals surface area contributed by atoms with Gasteiger partial charge >= 0.3 is 0 Å². The maximum atomic E-state index is 12.9. The van der Waals surface area contributed by atoms with E-state index >= 15 is 0 Å². The zero-order valence-electron chi connectivity index (χ0n) is 17.8. The molecule has 3 aliphatic rings. The molecule has 0 N–H and O–H groups in total. The lowest BCUT2D eigenvalue weighted by Gasteiger charge is -2.40. The van der Waals surface area contributed by atoms with E-state index in [1.165, 1.54) is 0 Å². The summed E-state index contributed by atoms with van der Waals surface area (Å²) in [6.45, 7) is 12.1. The molecule has 4 heterocycles. The summed E-state index contributed by atoms with van der Waals surface area (Å²) in [6, 6.07) is 0.568. The van der Waals surface area contributed by atoms with E-state index in [9.17, 15) is 4.79 Å². The molecule has 0 saturated carbocycles. The normalized spacial score (nSPS) is 22.4. The van der Waals surface area contributed by atoms with E-state index < -0.39 is 0 Å². The van der Waals surface area contributed by atoms with Gasteiger partial charge in [0.15, 0.2) is 0 Å². The van der Waals surface area contributed by atoms with Crippen LogP contribution in [0.1, 0.15) is 26.7 Å². The summed E-state index contributed by atoms with van der Waals surface area (Å²) in [5.41, 5.74) is 1.08. The van der Waals surface area contributed by atoms with E-state index in [0.717, 1.165) is 88.3 Å². The van der Waals surface area contributed by atoms with Gasteiger partial charge in [0.05, 0.1) is 18.1 Å². The fourth-order valence-electron chi connectivity index (χ4n) is 4.51. The van der Waals surface area contributed by atoms with Crippen molar-refractivity contribution >= 4 is 29.3 Å². The number of carbonyl (C=O) groups excluding carboxylic acids is 1. The number of nitrogens with zero attached hydrogens (tertiary/aromatic N) is 6. The maximum Gasteiger partial charge on any atom is 0.225 e. The maximum absolute atomic E-state index is 12.9. The second kappa shape index (κ2) is 9.51. The number of rotatable bonds is 4. The van der Waals surface area contributed by atoms with Crippen molar-refractivity contribution in [3.05, 3.63) is 12.4 Å². The third kappa shape index (κ3) is 4.97. The van der Waals surface area contributed by atoms with Gasteiger partial charge < -0.3 is 14.7 Å². The number of piperazine rings is 1. The molecule has 4 rings (SSSR count). The van der Waals surface area contributed by atoms with E-state index in [-0.39, 0.29) is 5.92 Å². The summed E-state index contributed by atoms with van der Waals surface area (Å²) in [6.07, 6.45) is 5.76. The molecule has 0 unspecified atom stereocenters. The Morgan fingerprint density at radius 3 is 2.14 bits per heavy atom.